The van der Waals surface area contributed by atoms with E-state index in [1.54, 1.807) is 0 Å². The van der Waals surface area contributed by atoms with E-state index in [4.69, 9.17) is 4.74 Å². The Morgan fingerprint density at radius 1 is 1.10 bits per heavy atom. The number of likely N-dealkylation sites (N-methyl/N-ethyl adjacent to an activating group) is 1. The van der Waals surface area contributed by atoms with Crippen LogP contribution in [0.15, 0.2) is 0 Å². The van der Waals surface area contributed by atoms with Crippen molar-refractivity contribution in [3.05, 3.63) is 0 Å². The average molecular weight is 280 g/mol. The summed E-state index contributed by atoms with van der Waals surface area (Å²) in [5.74, 6) is 0. The molecule has 1 N–H and O–H groups in total. The van der Waals surface area contributed by atoms with Crippen LogP contribution in [0.25, 0.3) is 0 Å². The number of nitrogens with zero attached hydrogens (tertiary/aromatic N) is 1. The number of nitrogens with one attached hydrogen (secondary N) is 1. The van der Waals surface area contributed by atoms with Gasteiger partial charge in [0, 0.05) is 25.2 Å². The molecule has 1 saturated carbocycles. The quantitative estimate of drug-likeness (QED) is 0.860. The maximum atomic E-state index is 6.28. The number of rotatable bonds is 3. The number of piperidine rings is 1. The van der Waals surface area contributed by atoms with Gasteiger partial charge in [-0.25, -0.2) is 0 Å². The SMILES string of the molecule is CCN(C1CCCNC1)C1CCOC2(CCCCC2)C1. The molecule has 1 aliphatic carbocycles. The minimum Gasteiger partial charge on any atom is -0.375 e. The van der Waals surface area contributed by atoms with E-state index in [1.165, 1.54) is 77.4 Å². The van der Waals surface area contributed by atoms with Crippen LogP contribution in [0, 0.1) is 0 Å². The summed E-state index contributed by atoms with van der Waals surface area (Å²) < 4.78 is 6.28. The Morgan fingerprint density at radius 2 is 1.95 bits per heavy atom. The van der Waals surface area contributed by atoms with Crippen molar-refractivity contribution in [1.29, 1.82) is 0 Å². The van der Waals surface area contributed by atoms with Gasteiger partial charge in [-0.1, -0.05) is 26.2 Å². The zero-order valence-corrected chi connectivity index (χ0v) is 13.2. The summed E-state index contributed by atoms with van der Waals surface area (Å²) in [5, 5.41) is 3.59. The molecule has 2 heterocycles. The second-order valence-electron chi connectivity index (χ2n) is 7.07. The van der Waals surface area contributed by atoms with Gasteiger partial charge in [-0.3, -0.25) is 4.90 Å². The van der Waals surface area contributed by atoms with Gasteiger partial charge in [0.2, 0.25) is 0 Å². The standard InChI is InChI=1S/C17H32N2O/c1-2-19(16-7-6-11-18-14-16)15-8-12-20-17(13-15)9-4-3-5-10-17/h15-16,18H,2-14H2,1H3. The molecule has 3 heteroatoms. The minimum atomic E-state index is 0.247. The molecule has 1 spiro atoms. The molecule has 3 nitrogen and oxygen atoms in total. The number of hydrogen-bond acceptors (Lipinski definition) is 3. The van der Waals surface area contributed by atoms with Gasteiger partial charge < -0.3 is 10.1 Å². The predicted molar refractivity (Wildman–Crippen MR) is 83.1 cm³/mol. The second-order valence-corrected chi connectivity index (χ2v) is 7.07. The Balaban J connectivity index is 1.64. The van der Waals surface area contributed by atoms with Crippen molar-refractivity contribution in [3.63, 3.8) is 0 Å². The third kappa shape index (κ3) is 3.20. The average Bonchev–Trinajstić information content (AvgIpc) is 2.50. The molecule has 0 aromatic heterocycles. The van der Waals surface area contributed by atoms with Crippen molar-refractivity contribution in [2.75, 3.05) is 26.2 Å². The van der Waals surface area contributed by atoms with Crippen LogP contribution < -0.4 is 5.32 Å². The Morgan fingerprint density at radius 3 is 2.65 bits per heavy atom. The van der Waals surface area contributed by atoms with E-state index in [2.05, 4.69) is 17.1 Å². The summed E-state index contributed by atoms with van der Waals surface area (Å²) in [4.78, 5) is 2.80. The fraction of sp³-hybridized carbons (Fsp3) is 1.00. The monoisotopic (exact) mass is 280 g/mol. The van der Waals surface area contributed by atoms with E-state index in [-0.39, 0.29) is 5.60 Å². The van der Waals surface area contributed by atoms with Gasteiger partial charge in [0.05, 0.1) is 5.60 Å². The summed E-state index contributed by atoms with van der Waals surface area (Å²) in [6.45, 7) is 6.94. The topological polar surface area (TPSA) is 24.5 Å². The molecule has 2 unspecified atom stereocenters. The van der Waals surface area contributed by atoms with Gasteiger partial charge >= 0.3 is 0 Å². The highest BCUT2D eigenvalue weighted by atomic mass is 16.5. The maximum absolute atomic E-state index is 6.28. The molecule has 0 amide bonds. The van der Waals surface area contributed by atoms with Crippen molar-refractivity contribution in [1.82, 2.24) is 10.2 Å². The summed E-state index contributed by atoms with van der Waals surface area (Å²) in [6, 6.07) is 1.52. The summed E-state index contributed by atoms with van der Waals surface area (Å²) in [6.07, 6.45) is 12.0. The summed E-state index contributed by atoms with van der Waals surface area (Å²) in [5.41, 5.74) is 0.247. The lowest BCUT2D eigenvalue weighted by Gasteiger charge is -2.48. The maximum Gasteiger partial charge on any atom is 0.0697 e. The molecule has 0 bridgehead atoms. The van der Waals surface area contributed by atoms with Crippen LogP contribution in [-0.2, 0) is 4.74 Å². The lowest BCUT2D eigenvalue weighted by molar-refractivity contribution is -0.128. The van der Waals surface area contributed by atoms with Gasteiger partial charge in [0.15, 0.2) is 0 Å². The highest BCUT2D eigenvalue weighted by Gasteiger charge is 2.41. The van der Waals surface area contributed by atoms with Gasteiger partial charge in [0.1, 0.15) is 0 Å². The van der Waals surface area contributed by atoms with E-state index in [0.29, 0.717) is 0 Å². The molecule has 2 atom stereocenters. The van der Waals surface area contributed by atoms with Crippen molar-refractivity contribution < 1.29 is 4.74 Å². The molecule has 0 aromatic carbocycles. The van der Waals surface area contributed by atoms with Crippen LogP contribution in [0.1, 0.15) is 64.7 Å². The normalized spacial score (nSPS) is 34.5. The first-order valence-corrected chi connectivity index (χ1v) is 8.93. The molecule has 2 saturated heterocycles. The van der Waals surface area contributed by atoms with Crippen LogP contribution >= 0.6 is 0 Å². The molecular weight excluding hydrogens is 248 g/mol. The Hall–Kier alpha value is -0.120. The van der Waals surface area contributed by atoms with Gasteiger partial charge in [-0.2, -0.15) is 0 Å². The molecule has 0 radical (unpaired) electrons. The van der Waals surface area contributed by atoms with Crippen molar-refractivity contribution in [2.45, 2.75) is 82.4 Å². The predicted octanol–water partition coefficient (Wildman–Crippen LogP) is 2.94. The zero-order valence-electron chi connectivity index (χ0n) is 13.2. The van der Waals surface area contributed by atoms with E-state index in [0.717, 1.165) is 18.7 Å². The van der Waals surface area contributed by atoms with E-state index < -0.39 is 0 Å². The lowest BCUT2D eigenvalue weighted by Crippen LogP contribution is -2.55. The molecule has 116 valence electrons. The van der Waals surface area contributed by atoms with Gasteiger partial charge in [0.25, 0.3) is 0 Å². The van der Waals surface area contributed by atoms with Crippen molar-refractivity contribution in [3.8, 4) is 0 Å². The second kappa shape index (κ2) is 6.76. The van der Waals surface area contributed by atoms with Gasteiger partial charge in [-0.05, 0) is 51.6 Å². The first-order valence-electron chi connectivity index (χ1n) is 8.93. The fourth-order valence-corrected chi connectivity index (χ4v) is 4.76. The number of ether oxygens (including phenoxy) is 1. The minimum absolute atomic E-state index is 0.247. The molecule has 3 fully saturated rings. The van der Waals surface area contributed by atoms with E-state index >= 15 is 0 Å². The van der Waals surface area contributed by atoms with Crippen LogP contribution in [0.3, 0.4) is 0 Å². The van der Waals surface area contributed by atoms with Crippen LogP contribution in [0.2, 0.25) is 0 Å². The van der Waals surface area contributed by atoms with Gasteiger partial charge in [-0.15, -0.1) is 0 Å². The molecular formula is C17H32N2O. The first-order chi connectivity index (χ1) is 9.83. The highest BCUT2D eigenvalue weighted by molar-refractivity contribution is 4.94. The number of hydrogen-bond donors (Lipinski definition) is 1. The molecule has 3 aliphatic rings. The van der Waals surface area contributed by atoms with Crippen molar-refractivity contribution in [2.24, 2.45) is 0 Å². The van der Waals surface area contributed by atoms with Crippen molar-refractivity contribution >= 4 is 0 Å². The summed E-state index contributed by atoms with van der Waals surface area (Å²) >= 11 is 0. The Kier molecular flexibility index (Phi) is 5.00. The first kappa shape index (κ1) is 14.8. The zero-order chi connectivity index (χ0) is 13.8. The lowest BCUT2D eigenvalue weighted by atomic mass is 9.77. The fourth-order valence-electron chi connectivity index (χ4n) is 4.76. The molecule has 0 aromatic rings. The molecule has 20 heavy (non-hydrogen) atoms. The smallest absolute Gasteiger partial charge is 0.0697 e. The van der Waals surface area contributed by atoms with Crippen LogP contribution in [0.5, 0.6) is 0 Å². The van der Waals surface area contributed by atoms with Crippen LogP contribution in [0.4, 0.5) is 0 Å². The third-order valence-corrected chi connectivity index (χ3v) is 5.81. The molecule has 3 rings (SSSR count). The summed E-state index contributed by atoms with van der Waals surface area (Å²) in [7, 11) is 0. The Bertz CT molecular complexity index is 290. The van der Waals surface area contributed by atoms with Crippen LogP contribution in [-0.4, -0.2) is 48.8 Å². The highest BCUT2D eigenvalue weighted by Crippen LogP contribution is 2.40. The third-order valence-electron chi connectivity index (χ3n) is 5.81. The largest absolute Gasteiger partial charge is 0.375 e. The van der Waals surface area contributed by atoms with E-state index in [9.17, 15) is 0 Å². The Labute approximate surface area is 124 Å². The molecule has 2 aliphatic heterocycles. The van der Waals surface area contributed by atoms with E-state index in [1.807, 2.05) is 0 Å².